The van der Waals surface area contributed by atoms with E-state index >= 15 is 0 Å². The maximum atomic E-state index is 2.34. The van der Waals surface area contributed by atoms with E-state index in [9.17, 15) is 0 Å². The summed E-state index contributed by atoms with van der Waals surface area (Å²) in [5.74, 6) is 0. The molecule has 0 saturated carbocycles. The second-order valence-electron chi connectivity index (χ2n) is 23.4. The molecule has 4 heterocycles. The molecular weight excluding hydrogens is 929 g/mol. The Morgan fingerprint density at radius 1 is 0.312 bits per heavy atom. The molecule has 0 N–H and O–H groups in total. The first kappa shape index (κ1) is 71.1. The molecule has 77 heavy (non-hydrogen) atoms. The number of rotatable bonds is 0. The van der Waals surface area contributed by atoms with Crippen LogP contribution in [0, 0.1) is 0 Å². The van der Waals surface area contributed by atoms with Crippen LogP contribution in [0.15, 0.2) is 164 Å². The van der Waals surface area contributed by atoms with Crippen LogP contribution in [0.2, 0.25) is 0 Å². The standard InChI is InChI=1S/C14H16.2C13H16.2C12H15N.5C2H6.CH4/c1-14(2,3)13-9-8-11-6-4-5-7-12(11)10-13;2*1-13(2,3)12-8-7-10-5-4-6-11(10)9-12;1-12(2,3)10-6-7-11-5-4-8-13(11)9-10;1-12(2,3)10-6-8-13-7-4-5-11(13)9-10;5*1-2;/h4-10H,1-3H3;4,6-9H,5H2,1-3H3;4-5,7-9H,6H2,1-3H3;2*4-9H,1-3H3;5*1-2H3;1H4. The minimum absolute atomic E-state index is 0. The lowest BCUT2D eigenvalue weighted by molar-refractivity contribution is 0.586. The molecule has 0 aliphatic heterocycles. The Labute approximate surface area is 475 Å². The zero-order chi connectivity index (χ0) is 58.1. The van der Waals surface area contributed by atoms with Gasteiger partial charge >= 0.3 is 0 Å². The Kier molecular flexibility index (Phi) is 30.9. The minimum Gasteiger partial charge on any atom is -0.324 e. The molecule has 8 aromatic rings. The molecule has 2 nitrogen and oxygen atoms in total. The minimum atomic E-state index is 0. The number of allylic oxidation sites excluding steroid dienone is 2. The summed E-state index contributed by atoms with van der Waals surface area (Å²) in [4.78, 5) is 0. The number of hydrogen-bond donors (Lipinski definition) is 0. The lowest BCUT2D eigenvalue weighted by Crippen LogP contribution is -2.11. The third kappa shape index (κ3) is 22.6. The van der Waals surface area contributed by atoms with Crippen LogP contribution in [-0.4, -0.2) is 8.80 Å². The van der Waals surface area contributed by atoms with E-state index in [4.69, 9.17) is 0 Å². The summed E-state index contributed by atoms with van der Waals surface area (Å²) >= 11 is 0. The van der Waals surface area contributed by atoms with Crippen LogP contribution in [0.5, 0.6) is 0 Å². The third-order valence-corrected chi connectivity index (χ3v) is 12.7. The van der Waals surface area contributed by atoms with Crippen LogP contribution >= 0.6 is 0 Å². The molecule has 2 heteroatoms. The summed E-state index contributed by atoms with van der Waals surface area (Å²) in [5, 5.41) is 2.65. The first-order valence-corrected chi connectivity index (χ1v) is 29.1. The van der Waals surface area contributed by atoms with Crippen molar-refractivity contribution < 1.29 is 0 Å². The van der Waals surface area contributed by atoms with Gasteiger partial charge in [-0.2, -0.15) is 0 Å². The van der Waals surface area contributed by atoms with Crippen LogP contribution in [0.1, 0.15) is 231 Å². The Morgan fingerprint density at radius 2 is 0.740 bits per heavy atom. The average Bonchev–Trinajstić information content (AvgIpc) is 4.26. The zero-order valence-corrected chi connectivity index (χ0v) is 53.1. The van der Waals surface area contributed by atoms with Gasteiger partial charge in [-0.25, -0.2) is 0 Å². The summed E-state index contributed by atoms with van der Waals surface area (Å²) in [6, 6.07) is 46.1. The highest BCUT2D eigenvalue weighted by molar-refractivity contribution is 5.83. The van der Waals surface area contributed by atoms with E-state index in [-0.39, 0.29) is 34.5 Å². The smallest absolute Gasteiger partial charge is 0.0452 e. The fourth-order valence-corrected chi connectivity index (χ4v) is 8.07. The van der Waals surface area contributed by atoms with Gasteiger partial charge in [0.25, 0.3) is 0 Å². The quantitative estimate of drug-likeness (QED) is 0.143. The van der Waals surface area contributed by atoms with Crippen molar-refractivity contribution in [1.82, 2.24) is 8.80 Å². The van der Waals surface area contributed by atoms with Gasteiger partial charge in [0.1, 0.15) is 0 Å². The molecule has 2 aliphatic carbocycles. The highest BCUT2D eigenvalue weighted by atomic mass is 14.9. The van der Waals surface area contributed by atoms with Gasteiger partial charge in [-0.15, -0.1) is 0 Å². The van der Waals surface area contributed by atoms with E-state index in [1.54, 1.807) is 0 Å². The monoisotopic (exact) mass is 1040 g/mol. The van der Waals surface area contributed by atoms with Crippen LogP contribution in [0.25, 0.3) is 34.0 Å². The SMILES string of the molecule is C.CC.CC.CC.CC.CC.CC(C)(C)c1ccc2c(c1)C=CC2.CC(C)(C)c1ccc2c(c1)CC=C2.CC(C)(C)c1ccc2ccccc2c1.CC(C)(C)c1ccc2cccn2c1.CC(C)(C)c1ccn2cccc2c1. The molecule has 2 aliphatic rings. The number of benzene rings is 4. The molecule has 0 atom stereocenters. The average molecular weight is 1040 g/mol. The van der Waals surface area contributed by atoms with E-state index in [2.05, 4.69) is 289 Å². The molecule has 10 rings (SSSR count). The van der Waals surface area contributed by atoms with E-state index < -0.39 is 0 Å². The van der Waals surface area contributed by atoms with Crippen molar-refractivity contribution in [3.8, 4) is 0 Å². The third-order valence-electron chi connectivity index (χ3n) is 12.7. The molecule has 0 spiro atoms. The van der Waals surface area contributed by atoms with Crippen molar-refractivity contribution >= 4 is 34.0 Å². The van der Waals surface area contributed by atoms with Gasteiger partial charge < -0.3 is 8.80 Å². The van der Waals surface area contributed by atoms with E-state index in [0.29, 0.717) is 0 Å². The summed E-state index contributed by atoms with van der Waals surface area (Å²) in [5.41, 5.74) is 16.6. The summed E-state index contributed by atoms with van der Waals surface area (Å²) in [7, 11) is 0. The maximum Gasteiger partial charge on any atom is 0.0452 e. The van der Waals surface area contributed by atoms with Gasteiger partial charge in [0, 0.05) is 35.8 Å². The Bertz CT molecular complexity index is 2840. The highest BCUT2D eigenvalue weighted by Gasteiger charge is 2.18. The Hall–Kier alpha value is -5.86. The predicted molar refractivity (Wildman–Crippen MR) is 354 cm³/mol. The molecular formula is C75H112N2. The number of hydrogen-bond acceptors (Lipinski definition) is 0. The van der Waals surface area contributed by atoms with Crippen molar-refractivity contribution in [2.45, 2.75) is 220 Å². The van der Waals surface area contributed by atoms with Gasteiger partial charge in [0.05, 0.1) is 0 Å². The molecule has 0 unspecified atom stereocenters. The van der Waals surface area contributed by atoms with Gasteiger partial charge in [0.15, 0.2) is 0 Å². The molecule has 4 aromatic heterocycles. The number of aromatic nitrogens is 2. The lowest BCUT2D eigenvalue weighted by Gasteiger charge is -2.19. The van der Waals surface area contributed by atoms with Crippen LogP contribution < -0.4 is 0 Å². The molecule has 0 fully saturated rings. The predicted octanol–water partition coefficient (Wildman–Crippen LogP) is 23.5. The van der Waals surface area contributed by atoms with E-state index in [0.717, 1.165) is 12.8 Å². The van der Waals surface area contributed by atoms with Crippen molar-refractivity contribution in [3.05, 3.63) is 214 Å². The first-order valence-electron chi connectivity index (χ1n) is 29.1. The van der Waals surface area contributed by atoms with Crippen molar-refractivity contribution in [2.75, 3.05) is 0 Å². The van der Waals surface area contributed by atoms with E-state index in [1.165, 1.54) is 71.9 Å². The topological polar surface area (TPSA) is 8.82 Å². The molecule has 0 radical (unpaired) electrons. The van der Waals surface area contributed by atoms with Crippen LogP contribution in [0.3, 0.4) is 0 Å². The molecule has 0 bridgehead atoms. The fraction of sp³-hybridized carbons (Fsp3) is 0.440. The Balaban J connectivity index is 0.000000897. The summed E-state index contributed by atoms with van der Waals surface area (Å²) in [6.45, 7) is 53.7. The van der Waals surface area contributed by atoms with Crippen molar-refractivity contribution in [2.24, 2.45) is 0 Å². The highest BCUT2D eigenvalue weighted by Crippen LogP contribution is 2.30. The maximum absolute atomic E-state index is 2.34. The second kappa shape index (κ2) is 33.4. The van der Waals surface area contributed by atoms with Crippen molar-refractivity contribution in [1.29, 1.82) is 0 Å². The number of nitrogens with zero attached hydrogens (tertiary/aromatic N) is 2. The van der Waals surface area contributed by atoms with Gasteiger partial charge in [-0.3, -0.25) is 0 Å². The zero-order valence-electron chi connectivity index (χ0n) is 53.1. The second-order valence-corrected chi connectivity index (χ2v) is 23.4. The molecule has 0 amide bonds. The van der Waals surface area contributed by atoms with Gasteiger partial charge in [-0.05, 0) is 143 Å². The normalized spacial score (nSPS) is 11.6. The lowest BCUT2D eigenvalue weighted by atomic mass is 9.85. The molecule has 0 saturated heterocycles. The van der Waals surface area contributed by atoms with E-state index in [1.807, 2.05) is 69.2 Å². The summed E-state index contributed by atoms with van der Waals surface area (Å²) < 4.78 is 4.30. The largest absolute Gasteiger partial charge is 0.324 e. The molecule has 4 aromatic carbocycles. The Morgan fingerprint density at radius 3 is 1.30 bits per heavy atom. The van der Waals surface area contributed by atoms with Crippen LogP contribution in [-0.2, 0) is 39.9 Å². The number of pyridine rings is 2. The summed E-state index contributed by atoms with van der Waals surface area (Å²) in [6.07, 6.45) is 19.6. The van der Waals surface area contributed by atoms with Gasteiger partial charge in [-0.1, -0.05) is 290 Å². The molecule has 422 valence electrons. The van der Waals surface area contributed by atoms with Crippen molar-refractivity contribution in [3.63, 3.8) is 0 Å². The van der Waals surface area contributed by atoms with Crippen LogP contribution in [0.4, 0.5) is 0 Å². The number of fused-ring (bicyclic) bond motifs is 5. The van der Waals surface area contributed by atoms with Gasteiger partial charge in [0.2, 0.25) is 0 Å². The fourth-order valence-electron chi connectivity index (χ4n) is 8.07. The first-order chi connectivity index (χ1) is 35.9.